The minimum atomic E-state index is -4.97. The fourth-order valence-corrected chi connectivity index (χ4v) is 20.2. The molecule has 0 saturated carbocycles. The predicted molar refractivity (Wildman–Crippen MR) is 602 cm³/mol. The highest BCUT2D eigenvalue weighted by Crippen LogP contribution is 2.46. The first-order valence-corrected chi connectivity index (χ1v) is 50.1. The Hall–Kier alpha value is -17.4. The van der Waals surface area contributed by atoms with Gasteiger partial charge in [-0.1, -0.05) is 401 Å². The van der Waals surface area contributed by atoms with Gasteiger partial charge in [-0.25, -0.2) is 0 Å². The molecule has 4 unspecified atom stereocenters. The first-order chi connectivity index (χ1) is 71.9. The molecule has 148 heavy (non-hydrogen) atoms. The molecule has 0 amide bonds. The van der Waals surface area contributed by atoms with Gasteiger partial charge in [0.2, 0.25) is 0 Å². The molecule has 0 fully saturated rings. The Morgan fingerprint density at radius 3 is 1.02 bits per heavy atom. The highest BCUT2D eigenvalue weighted by molar-refractivity contribution is 6.05. The van der Waals surface area contributed by atoms with E-state index in [1.807, 2.05) is 84.9 Å². The average Bonchev–Trinajstić information content (AvgIpc) is 0.755. The monoisotopic (exact) mass is 1950 g/mol. The Balaban J connectivity index is 0.000000124. The Bertz CT molecular complexity index is 8220. The molecule has 0 saturated heterocycles. The molecule has 4 N–H and O–H groups in total. The number of aromatic nitrogens is 4. The zero-order valence-electron chi connectivity index (χ0n) is 83.6. The van der Waals surface area contributed by atoms with Crippen molar-refractivity contribution in [3.8, 4) is 56.2 Å². The number of alkyl halides is 6. The lowest BCUT2D eigenvalue weighted by atomic mass is 9.89. The van der Waals surface area contributed by atoms with E-state index in [-0.39, 0.29) is 29.9 Å². The molecule has 4 aromatic heterocycles. The van der Waals surface area contributed by atoms with Crippen molar-refractivity contribution in [3.05, 3.63) is 562 Å². The van der Waals surface area contributed by atoms with E-state index >= 15 is 0 Å². The lowest BCUT2D eigenvalue weighted by molar-refractivity contribution is -0.143. The molecule has 22 rings (SSSR count). The van der Waals surface area contributed by atoms with E-state index in [2.05, 4.69) is 410 Å². The highest BCUT2D eigenvalue weighted by Gasteiger charge is 2.38. The molecule has 0 radical (unpaired) electrons. The Kier molecular flexibility index (Phi) is 30.1. The van der Waals surface area contributed by atoms with Crippen LogP contribution in [0.15, 0.2) is 467 Å². The van der Waals surface area contributed by atoms with E-state index in [0.29, 0.717) is 35.0 Å². The molecule has 8 nitrogen and oxygen atoms in total. The van der Waals surface area contributed by atoms with E-state index < -0.39 is 29.5 Å². The van der Waals surface area contributed by atoms with Gasteiger partial charge < -0.3 is 21.3 Å². The van der Waals surface area contributed by atoms with Gasteiger partial charge in [-0.2, -0.15) is 26.3 Å². The van der Waals surface area contributed by atoms with Crippen LogP contribution in [0.5, 0.6) is 0 Å². The van der Waals surface area contributed by atoms with Crippen LogP contribution < -0.4 is 21.3 Å². The molecule has 730 valence electrons. The number of benzene rings is 18. The molecule has 18 aromatic carbocycles. The predicted octanol–water partition coefficient (Wildman–Crippen LogP) is 36.4. The number of anilines is 4. The number of halogens is 6. The van der Waals surface area contributed by atoms with Gasteiger partial charge in [0.25, 0.3) is 0 Å². The normalized spacial score (nSPS) is 12.2. The van der Waals surface area contributed by atoms with Gasteiger partial charge in [-0.3, -0.25) is 19.9 Å². The molecular weight excluding hydrogens is 1840 g/mol. The summed E-state index contributed by atoms with van der Waals surface area (Å²) in [6.45, 7) is 17.5. The van der Waals surface area contributed by atoms with Crippen molar-refractivity contribution in [1.82, 2.24) is 19.9 Å². The summed E-state index contributed by atoms with van der Waals surface area (Å²) in [5.74, 6) is 0.496. The third-order valence-electron chi connectivity index (χ3n) is 27.2. The maximum Gasteiger partial charge on any atom is 0.416 e. The van der Waals surface area contributed by atoms with Crippen molar-refractivity contribution < 1.29 is 26.3 Å². The molecule has 22 aromatic rings. The standard InChI is InChI=1S/2C35H30N2.C32H22F6N2.C32H30N2/c1-23-20-24(2)34(25(3)21-23)37-35(32-19-11-18-31(36-32)26-12-5-4-6-13-26)33-29-16-9-7-14-27(29)22-28-15-8-10-17-30(28)33;1-24(2)25-19-21-29(22-20-25)36-35(33-18-10-17-32(37-33)26-11-4-3-5-12-26)34-30-15-8-6-13-27(30)23-28-14-7-9-16-31(28)34;33-31(34,35)23-18-24(32(36,37)38)20-25(19-23)39-30(27-15-8-7-14-26(27)21-10-3-1-4-11-21)29-17-9-16-28(40-29)22-12-5-2-6-13-22;1-22-19-23(2)32(24(3)20-22)34-31(21-25-11-5-4-6-12-25)30-18-10-17-29(33-30)28-16-9-14-26-13-7-8-15-27(26)28/h4-22,35,37H,1-3H3;3-24,35-36H,1-2H3;1-20,30,39H;4-20,31,34H,21H2,1-3H3. The van der Waals surface area contributed by atoms with Crippen molar-refractivity contribution in [1.29, 1.82) is 0 Å². The molecule has 4 atom stereocenters. The maximum absolute atomic E-state index is 13.6. The topological polar surface area (TPSA) is 99.7 Å². The Morgan fingerprint density at radius 2 is 0.581 bits per heavy atom. The van der Waals surface area contributed by atoms with Crippen molar-refractivity contribution in [2.75, 3.05) is 21.3 Å². The van der Waals surface area contributed by atoms with Crippen molar-refractivity contribution in [3.63, 3.8) is 0 Å². The molecular formula is C134H112F6N8. The van der Waals surface area contributed by atoms with Crippen LogP contribution in [0.1, 0.15) is 139 Å². The maximum atomic E-state index is 13.6. The summed E-state index contributed by atoms with van der Waals surface area (Å²) in [6, 6.07) is 154. The van der Waals surface area contributed by atoms with E-state index in [9.17, 15) is 26.3 Å². The number of rotatable bonds is 23. The van der Waals surface area contributed by atoms with Gasteiger partial charge >= 0.3 is 12.4 Å². The summed E-state index contributed by atoms with van der Waals surface area (Å²) < 4.78 is 81.8. The van der Waals surface area contributed by atoms with E-state index in [4.69, 9.17) is 19.9 Å². The number of pyridine rings is 4. The Labute approximate surface area is 861 Å². The van der Waals surface area contributed by atoms with E-state index in [1.165, 1.54) is 126 Å². The molecule has 0 bridgehead atoms. The second-order valence-electron chi connectivity index (χ2n) is 38.1. The zero-order valence-corrected chi connectivity index (χ0v) is 83.6. The molecule has 0 aliphatic heterocycles. The summed E-state index contributed by atoms with van der Waals surface area (Å²) in [5, 5.41) is 27.0. The van der Waals surface area contributed by atoms with Crippen molar-refractivity contribution >= 4 is 76.6 Å². The van der Waals surface area contributed by atoms with Gasteiger partial charge in [0, 0.05) is 45.0 Å². The quantitative estimate of drug-likeness (QED) is 0.0371. The molecule has 0 aliphatic rings. The summed E-state index contributed by atoms with van der Waals surface area (Å²) in [5.41, 5.74) is 26.5. The van der Waals surface area contributed by atoms with Crippen LogP contribution in [0.25, 0.3) is 110 Å². The van der Waals surface area contributed by atoms with Gasteiger partial charge in [0.1, 0.15) is 0 Å². The van der Waals surface area contributed by atoms with Gasteiger partial charge in [-0.05, 0) is 260 Å². The van der Waals surface area contributed by atoms with Crippen LogP contribution in [0.2, 0.25) is 0 Å². The number of nitrogens with zero attached hydrogens (tertiary/aromatic N) is 4. The second-order valence-corrected chi connectivity index (χ2v) is 38.1. The van der Waals surface area contributed by atoms with Crippen LogP contribution in [0.4, 0.5) is 49.1 Å². The lowest BCUT2D eigenvalue weighted by Crippen LogP contribution is -2.17. The largest absolute Gasteiger partial charge is 0.416 e. The van der Waals surface area contributed by atoms with E-state index in [0.717, 1.165) is 74.1 Å². The highest BCUT2D eigenvalue weighted by atomic mass is 19.4. The number of hydrogen-bond donors (Lipinski definition) is 4. The summed E-state index contributed by atoms with van der Waals surface area (Å²) in [6.07, 6.45) is -9.08. The fourth-order valence-electron chi connectivity index (χ4n) is 20.2. The van der Waals surface area contributed by atoms with Gasteiger partial charge in [-0.15, -0.1) is 0 Å². The number of hydrogen-bond acceptors (Lipinski definition) is 8. The molecule has 0 spiro atoms. The average molecular weight is 1950 g/mol. The second kappa shape index (κ2) is 44.9. The first kappa shape index (κ1) is 99.4. The molecule has 14 heteroatoms. The lowest BCUT2D eigenvalue weighted by Gasteiger charge is -2.26. The summed E-state index contributed by atoms with van der Waals surface area (Å²) in [7, 11) is 0. The first-order valence-electron chi connectivity index (χ1n) is 50.1. The summed E-state index contributed by atoms with van der Waals surface area (Å²) in [4.78, 5) is 20.4. The van der Waals surface area contributed by atoms with Crippen LogP contribution in [0, 0.1) is 41.5 Å². The van der Waals surface area contributed by atoms with Gasteiger partial charge in [0.05, 0.1) is 80.8 Å². The number of nitrogens with one attached hydrogen (secondary N) is 4. The molecule has 0 aliphatic carbocycles. The minimum absolute atomic E-state index is 0.0532. The fraction of sp³-hybridized carbons (Fsp3) is 0.119. The number of aryl methyl sites for hydroxylation is 6. The van der Waals surface area contributed by atoms with Crippen molar-refractivity contribution in [2.24, 2.45) is 0 Å². The van der Waals surface area contributed by atoms with Crippen LogP contribution >= 0.6 is 0 Å². The zero-order chi connectivity index (χ0) is 102. The smallest absolute Gasteiger partial charge is 0.376 e. The molecule has 4 heterocycles. The van der Waals surface area contributed by atoms with E-state index in [1.54, 1.807) is 30.3 Å². The van der Waals surface area contributed by atoms with Crippen molar-refractivity contribution in [2.45, 2.75) is 104 Å². The van der Waals surface area contributed by atoms with Crippen LogP contribution in [-0.4, -0.2) is 19.9 Å². The Morgan fingerprint density at radius 1 is 0.250 bits per heavy atom. The van der Waals surface area contributed by atoms with Crippen LogP contribution in [-0.2, 0) is 18.8 Å². The van der Waals surface area contributed by atoms with Gasteiger partial charge in [0.15, 0.2) is 0 Å². The van der Waals surface area contributed by atoms with Crippen LogP contribution in [0.3, 0.4) is 0 Å². The minimum Gasteiger partial charge on any atom is -0.376 e. The third-order valence-corrected chi connectivity index (χ3v) is 27.2. The summed E-state index contributed by atoms with van der Waals surface area (Å²) >= 11 is 0. The SMILES string of the molecule is CC(C)c1ccc(NC(c2cccc(-c3ccccc3)n2)c2c3ccccc3cc3ccccc23)cc1.Cc1cc(C)c(NC(Cc2ccccc2)c2cccc(-c3cccc4ccccc34)n2)c(C)c1.Cc1cc(C)c(NC(c2cccc(-c3ccccc3)n2)c2c3ccccc3cc3ccccc23)c(C)c1.FC(F)(F)c1cc(NC(c2cccc(-c3ccccc3)n2)c2ccccc2-c2ccccc2)cc(C(F)(F)F)c1. The third kappa shape index (κ3) is 23.2. The number of fused-ring (bicyclic) bond motifs is 5.